The second-order valence-corrected chi connectivity index (χ2v) is 5.32. The summed E-state index contributed by atoms with van der Waals surface area (Å²) in [6, 6.07) is 13.4. The average Bonchev–Trinajstić information content (AvgIpc) is 3.01. The van der Waals surface area contributed by atoms with Gasteiger partial charge in [0.15, 0.2) is 6.61 Å². The molecule has 0 unspecified atom stereocenters. The molecule has 1 aliphatic rings. The molecule has 2 aromatic rings. The Labute approximate surface area is 130 Å². The van der Waals surface area contributed by atoms with Gasteiger partial charge in [0.05, 0.1) is 12.8 Å². The zero-order valence-corrected chi connectivity index (χ0v) is 12.6. The van der Waals surface area contributed by atoms with Crippen molar-refractivity contribution in [1.29, 1.82) is 0 Å². The minimum atomic E-state index is -0.204. The summed E-state index contributed by atoms with van der Waals surface area (Å²) in [6.45, 7) is -0.0170. The van der Waals surface area contributed by atoms with Crippen LogP contribution < -0.4 is 14.8 Å². The highest BCUT2D eigenvalue weighted by atomic mass is 16.5. The van der Waals surface area contributed by atoms with Crippen molar-refractivity contribution in [2.45, 2.75) is 19.3 Å². The van der Waals surface area contributed by atoms with Crippen molar-refractivity contribution < 1.29 is 14.3 Å². The van der Waals surface area contributed by atoms with Crippen LogP contribution in [0.25, 0.3) is 0 Å². The highest BCUT2D eigenvalue weighted by Gasteiger charge is 2.12. The molecule has 0 fully saturated rings. The first-order valence-electron chi connectivity index (χ1n) is 7.44. The van der Waals surface area contributed by atoms with Crippen LogP contribution in [0.4, 0.5) is 5.69 Å². The Kier molecular flexibility index (Phi) is 4.28. The van der Waals surface area contributed by atoms with Gasteiger partial charge in [-0.2, -0.15) is 0 Å². The van der Waals surface area contributed by atoms with Gasteiger partial charge in [0.25, 0.3) is 5.91 Å². The number of methoxy groups -OCH3 is 1. The second kappa shape index (κ2) is 6.52. The predicted molar refractivity (Wildman–Crippen MR) is 85.6 cm³/mol. The van der Waals surface area contributed by atoms with E-state index < -0.39 is 0 Å². The Morgan fingerprint density at radius 3 is 2.82 bits per heavy atom. The minimum Gasteiger partial charge on any atom is -0.495 e. The maximum Gasteiger partial charge on any atom is 0.262 e. The summed E-state index contributed by atoms with van der Waals surface area (Å²) < 4.78 is 10.8. The first-order chi connectivity index (χ1) is 10.8. The first kappa shape index (κ1) is 14.4. The molecule has 1 N–H and O–H groups in total. The largest absolute Gasteiger partial charge is 0.495 e. The maximum atomic E-state index is 12.0. The van der Waals surface area contributed by atoms with Crippen LogP contribution in [0.5, 0.6) is 11.5 Å². The molecule has 3 rings (SSSR count). The second-order valence-electron chi connectivity index (χ2n) is 5.32. The SMILES string of the molecule is COc1ccccc1NC(=O)COc1ccc2c(c1)CCC2. The molecule has 4 heteroatoms. The van der Waals surface area contributed by atoms with Crippen LogP contribution in [0.1, 0.15) is 17.5 Å². The molecule has 2 aromatic carbocycles. The van der Waals surface area contributed by atoms with Crippen LogP contribution in [0, 0.1) is 0 Å². The molecule has 22 heavy (non-hydrogen) atoms. The summed E-state index contributed by atoms with van der Waals surface area (Å²) in [4.78, 5) is 12.0. The summed E-state index contributed by atoms with van der Waals surface area (Å²) in [5, 5.41) is 2.80. The van der Waals surface area contributed by atoms with E-state index in [2.05, 4.69) is 11.4 Å². The number of rotatable bonds is 5. The molecule has 0 spiro atoms. The number of anilines is 1. The van der Waals surface area contributed by atoms with E-state index in [9.17, 15) is 4.79 Å². The van der Waals surface area contributed by atoms with E-state index in [-0.39, 0.29) is 12.5 Å². The molecule has 0 saturated carbocycles. The maximum absolute atomic E-state index is 12.0. The average molecular weight is 297 g/mol. The molecule has 0 saturated heterocycles. The van der Waals surface area contributed by atoms with Crippen LogP contribution in [-0.2, 0) is 17.6 Å². The van der Waals surface area contributed by atoms with Crippen LogP contribution >= 0.6 is 0 Å². The van der Waals surface area contributed by atoms with Crippen LogP contribution in [-0.4, -0.2) is 19.6 Å². The number of hydrogen-bond acceptors (Lipinski definition) is 3. The third kappa shape index (κ3) is 3.22. The van der Waals surface area contributed by atoms with Gasteiger partial charge in [-0.05, 0) is 54.7 Å². The third-order valence-corrected chi connectivity index (χ3v) is 3.82. The number of para-hydroxylation sites is 2. The molecule has 1 aliphatic carbocycles. The van der Waals surface area contributed by atoms with Gasteiger partial charge in [-0.25, -0.2) is 0 Å². The molecule has 1 amide bonds. The number of ether oxygens (including phenoxy) is 2. The minimum absolute atomic E-state index is 0.0170. The Balaban J connectivity index is 1.58. The lowest BCUT2D eigenvalue weighted by Crippen LogP contribution is -2.20. The molecule has 114 valence electrons. The lowest BCUT2D eigenvalue weighted by Gasteiger charge is -2.11. The number of carbonyl (C=O) groups excluding carboxylic acids is 1. The fourth-order valence-electron chi connectivity index (χ4n) is 2.72. The van der Waals surface area contributed by atoms with Gasteiger partial charge in [-0.1, -0.05) is 18.2 Å². The van der Waals surface area contributed by atoms with Gasteiger partial charge in [0.1, 0.15) is 11.5 Å². The molecule has 0 aliphatic heterocycles. The summed E-state index contributed by atoms with van der Waals surface area (Å²) in [7, 11) is 1.58. The molecular weight excluding hydrogens is 278 g/mol. The number of aryl methyl sites for hydroxylation is 2. The molecular formula is C18H19NO3. The highest BCUT2D eigenvalue weighted by Crippen LogP contribution is 2.26. The van der Waals surface area contributed by atoms with E-state index in [0.29, 0.717) is 11.4 Å². The number of carbonyl (C=O) groups is 1. The van der Waals surface area contributed by atoms with Crippen molar-refractivity contribution in [2.75, 3.05) is 19.0 Å². The van der Waals surface area contributed by atoms with E-state index in [0.717, 1.165) is 18.6 Å². The standard InChI is InChI=1S/C18H19NO3/c1-21-17-8-3-2-7-16(17)19-18(20)12-22-15-10-9-13-5-4-6-14(13)11-15/h2-3,7-11H,4-6,12H2,1H3,(H,19,20). The van der Waals surface area contributed by atoms with E-state index in [1.54, 1.807) is 19.2 Å². The van der Waals surface area contributed by atoms with Crippen LogP contribution in [0.3, 0.4) is 0 Å². The van der Waals surface area contributed by atoms with Gasteiger partial charge in [0.2, 0.25) is 0 Å². The van der Waals surface area contributed by atoms with E-state index in [4.69, 9.17) is 9.47 Å². The first-order valence-corrected chi connectivity index (χ1v) is 7.44. The van der Waals surface area contributed by atoms with E-state index in [1.165, 1.54) is 17.5 Å². The van der Waals surface area contributed by atoms with Gasteiger partial charge in [0, 0.05) is 0 Å². The third-order valence-electron chi connectivity index (χ3n) is 3.82. The quantitative estimate of drug-likeness (QED) is 0.922. The zero-order chi connectivity index (χ0) is 15.4. The lowest BCUT2D eigenvalue weighted by atomic mass is 10.1. The van der Waals surface area contributed by atoms with Gasteiger partial charge >= 0.3 is 0 Å². The van der Waals surface area contributed by atoms with Crippen LogP contribution in [0.2, 0.25) is 0 Å². The fourth-order valence-corrected chi connectivity index (χ4v) is 2.72. The Morgan fingerprint density at radius 1 is 1.14 bits per heavy atom. The van der Waals surface area contributed by atoms with Crippen molar-refractivity contribution >= 4 is 11.6 Å². The van der Waals surface area contributed by atoms with E-state index in [1.807, 2.05) is 24.3 Å². The number of hydrogen-bond donors (Lipinski definition) is 1. The number of fused-ring (bicyclic) bond motifs is 1. The summed E-state index contributed by atoms with van der Waals surface area (Å²) in [6.07, 6.45) is 3.44. The molecule has 0 heterocycles. The van der Waals surface area contributed by atoms with Crippen molar-refractivity contribution in [3.8, 4) is 11.5 Å². The Morgan fingerprint density at radius 2 is 1.95 bits per heavy atom. The van der Waals surface area contributed by atoms with Crippen molar-refractivity contribution in [3.05, 3.63) is 53.6 Å². The number of amides is 1. The van der Waals surface area contributed by atoms with Gasteiger partial charge < -0.3 is 14.8 Å². The number of nitrogens with one attached hydrogen (secondary N) is 1. The van der Waals surface area contributed by atoms with Crippen molar-refractivity contribution in [2.24, 2.45) is 0 Å². The van der Waals surface area contributed by atoms with Crippen LogP contribution in [0.15, 0.2) is 42.5 Å². The smallest absolute Gasteiger partial charge is 0.262 e. The Hall–Kier alpha value is -2.49. The normalized spacial score (nSPS) is 12.6. The summed E-state index contributed by atoms with van der Waals surface area (Å²) in [5.74, 6) is 1.18. The fraction of sp³-hybridized carbons (Fsp3) is 0.278. The van der Waals surface area contributed by atoms with Gasteiger partial charge in [-0.3, -0.25) is 4.79 Å². The highest BCUT2D eigenvalue weighted by molar-refractivity contribution is 5.93. The van der Waals surface area contributed by atoms with Gasteiger partial charge in [-0.15, -0.1) is 0 Å². The zero-order valence-electron chi connectivity index (χ0n) is 12.6. The topological polar surface area (TPSA) is 47.6 Å². The van der Waals surface area contributed by atoms with Crippen molar-refractivity contribution in [1.82, 2.24) is 0 Å². The summed E-state index contributed by atoms with van der Waals surface area (Å²) >= 11 is 0. The molecule has 4 nitrogen and oxygen atoms in total. The lowest BCUT2D eigenvalue weighted by molar-refractivity contribution is -0.118. The van der Waals surface area contributed by atoms with Crippen molar-refractivity contribution in [3.63, 3.8) is 0 Å². The Bertz CT molecular complexity index is 682. The monoisotopic (exact) mass is 297 g/mol. The molecule has 0 radical (unpaired) electrons. The summed E-state index contributed by atoms with van der Waals surface area (Å²) in [5.41, 5.74) is 3.38. The van der Waals surface area contributed by atoms with E-state index >= 15 is 0 Å². The molecule has 0 bridgehead atoms. The predicted octanol–water partition coefficient (Wildman–Crippen LogP) is 3.20. The molecule has 0 atom stereocenters. The number of benzene rings is 2. The molecule has 0 aromatic heterocycles.